The third kappa shape index (κ3) is 3.06. The summed E-state index contributed by atoms with van der Waals surface area (Å²) in [5.41, 5.74) is 2.16. The number of nitrogens with zero attached hydrogens (tertiary/aromatic N) is 1. The van der Waals surface area contributed by atoms with E-state index in [1.54, 1.807) is 12.1 Å². The molecule has 0 fully saturated rings. The van der Waals surface area contributed by atoms with Crippen LogP contribution in [0.3, 0.4) is 0 Å². The van der Waals surface area contributed by atoms with Crippen molar-refractivity contribution in [3.8, 4) is 22.8 Å². The first-order valence-electron chi connectivity index (χ1n) is 7.73. The van der Waals surface area contributed by atoms with E-state index in [1.165, 1.54) is 18.2 Å². The predicted octanol–water partition coefficient (Wildman–Crippen LogP) is 3.98. The monoisotopic (exact) mass is 354 g/mol. The molecule has 5 nitrogen and oxygen atoms in total. The standard InChI is InChI=1S/C19H12F2N2O3/c20-14-4-1-12(7-15(14)21)17(24)5-3-13-9-16(23-22-13)11-2-6-18-19(8-11)26-10-25-18/h1-9H,10H2,(H,22,23). The summed E-state index contributed by atoms with van der Waals surface area (Å²) in [7, 11) is 0. The number of carbonyl (C=O) groups is 1. The number of hydrogen-bond acceptors (Lipinski definition) is 4. The highest BCUT2D eigenvalue weighted by atomic mass is 19.2. The molecule has 1 aliphatic heterocycles. The van der Waals surface area contributed by atoms with Crippen LogP contribution in [0.4, 0.5) is 8.78 Å². The van der Waals surface area contributed by atoms with E-state index in [0.717, 1.165) is 17.7 Å². The number of H-pyrrole nitrogens is 1. The van der Waals surface area contributed by atoms with E-state index >= 15 is 0 Å². The summed E-state index contributed by atoms with van der Waals surface area (Å²) in [6.45, 7) is 0.194. The van der Waals surface area contributed by atoms with Gasteiger partial charge in [-0.15, -0.1) is 0 Å². The zero-order valence-electron chi connectivity index (χ0n) is 13.3. The maximum Gasteiger partial charge on any atom is 0.231 e. The largest absolute Gasteiger partial charge is 0.454 e. The van der Waals surface area contributed by atoms with Gasteiger partial charge in [-0.05, 0) is 54.6 Å². The third-order valence-electron chi connectivity index (χ3n) is 3.88. The van der Waals surface area contributed by atoms with Gasteiger partial charge in [0.05, 0.1) is 11.4 Å². The van der Waals surface area contributed by atoms with Crippen LogP contribution < -0.4 is 9.47 Å². The van der Waals surface area contributed by atoms with Crippen molar-refractivity contribution < 1.29 is 23.0 Å². The predicted molar refractivity (Wildman–Crippen MR) is 89.9 cm³/mol. The van der Waals surface area contributed by atoms with E-state index in [-0.39, 0.29) is 12.4 Å². The lowest BCUT2D eigenvalue weighted by molar-refractivity contribution is 0.104. The van der Waals surface area contributed by atoms with Crippen molar-refractivity contribution in [2.75, 3.05) is 6.79 Å². The minimum absolute atomic E-state index is 0.0654. The molecule has 0 radical (unpaired) electrons. The number of halogens is 2. The molecule has 0 amide bonds. The fourth-order valence-electron chi connectivity index (χ4n) is 2.54. The lowest BCUT2D eigenvalue weighted by atomic mass is 10.1. The summed E-state index contributed by atoms with van der Waals surface area (Å²) in [4.78, 5) is 12.0. The molecule has 4 rings (SSSR count). The van der Waals surface area contributed by atoms with Crippen LogP contribution in [0.2, 0.25) is 0 Å². The van der Waals surface area contributed by atoms with Crippen LogP contribution >= 0.6 is 0 Å². The highest BCUT2D eigenvalue weighted by Crippen LogP contribution is 2.35. The van der Waals surface area contributed by atoms with Crippen LogP contribution in [-0.4, -0.2) is 22.8 Å². The van der Waals surface area contributed by atoms with Crippen molar-refractivity contribution in [1.29, 1.82) is 0 Å². The quantitative estimate of drug-likeness (QED) is 0.569. The zero-order chi connectivity index (χ0) is 18.1. The van der Waals surface area contributed by atoms with E-state index in [4.69, 9.17) is 9.47 Å². The van der Waals surface area contributed by atoms with Gasteiger partial charge in [0.25, 0.3) is 0 Å². The van der Waals surface area contributed by atoms with E-state index in [2.05, 4.69) is 10.2 Å². The van der Waals surface area contributed by atoms with Crippen molar-refractivity contribution in [1.82, 2.24) is 10.2 Å². The van der Waals surface area contributed by atoms with Crippen molar-refractivity contribution in [2.24, 2.45) is 0 Å². The summed E-state index contributed by atoms with van der Waals surface area (Å²) in [6, 6.07) is 10.2. The number of ether oxygens (including phenoxy) is 2. The Morgan fingerprint density at radius 1 is 1.04 bits per heavy atom. The van der Waals surface area contributed by atoms with Gasteiger partial charge in [0.2, 0.25) is 6.79 Å². The van der Waals surface area contributed by atoms with Gasteiger partial charge in [-0.1, -0.05) is 0 Å². The van der Waals surface area contributed by atoms with Crippen LogP contribution in [0.5, 0.6) is 11.5 Å². The molecule has 3 aromatic rings. The highest BCUT2D eigenvalue weighted by Gasteiger charge is 2.15. The number of ketones is 1. The molecular formula is C19H12F2N2O3. The van der Waals surface area contributed by atoms with E-state index < -0.39 is 17.4 Å². The molecule has 0 spiro atoms. The number of aromatic nitrogens is 2. The lowest BCUT2D eigenvalue weighted by Crippen LogP contribution is -1.96. The number of allylic oxidation sites excluding steroid dienone is 1. The van der Waals surface area contributed by atoms with Crippen LogP contribution in [0, 0.1) is 11.6 Å². The normalized spacial score (nSPS) is 12.7. The smallest absolute Gasteiger partial charge is 0.231 e. The first-order chi connectivity index (χ1) is 12.6. The van der Waals surface area contributed by atoms with Crippen molar-refractivity contribution >= 4 is 11.9 Å². The van der Waals surface area contributed by atoms with Gasteiger partial charge in [0.1, 0.15) is 0 Å². The summed E-state index contributed by atoms with van der Waals surface area (Å²) in [5.74, 6) is -1.16. The molecule has 1 aromatic heterocycles. The van der Waals surface area contributed by atoms with Gasteiger partial charge in [-0.2, -0.15) is 5.10 Å². The fraction of sp³-hybridized carbons (Fsp3) is 0.0526. The average molecular weight is 354 g/mol. The SMILES string of the molecule is O=C(C=Cc1cc(-c2ccc3c(c2)OCO3)n[nH]1)c1ccc(F)c(F)c1. The molecule has 2 heterocycles. The number of carbonyl (C=O) groups excluding carboxylic acids is 1. The Morgan fingerprint density at radius 3 is 2.73 bits per heavy atom. The molecular weight excluding hydrogens is 342 g/mol. The molecule has 0 bridgehead atoms. The van der Waals surface area contributed by atoms with Crippen molar-refractivity contribution in [3.05, 3.63) is 71.4 Å². The third-order valence-corrected chi connectivity index (χ3v) is 3.88. The summed E-state index contributed by atoms with van der Waals surface area (Å²) in [5, 5.41) is 7.00. The maximum absolute atomic E-state index is 13.2. The molecule has 0 aliphatic carbocycles. The molecule has 130 valence electrons. The number of benzene rings is 2. The van der Waals surface area contributed by atoms with Gasteiger partial charge in [0, 0.05) is 11.1 Å². The average Bonchev–Trinajstić information content (AvgIpc) is 3.30. The number of aromatic amines is 1. The molecule has 0 saturated carbocycles. The maximum atomic E-state index is 13.2. The number of nitrogens with one attached hydrogen (secondary N) is 1. The van der Waals surface area contributed by atoms with Crippen molar-refractivity contribution in [3.63, 3.8) is 0 Å². The van der Waals surface area contributed by atoms with E-state index in [1.807, 2.05) is 12.1 Å². The van der Waals surface area contributed by atoms with Gasteiger partial charge < -0.3 is 9.47 Å². The van der Waals surface area contributed by atoms with Gasteiger partial charge in [0.15, 0.2) is 28.9 Å². The molecule has 0 atom stereocenters. The highest BCUT2D eigenvalue weighted by molar-refractivity contribution is 6.06. The zero-order valence-corrected chi connectivity index (χ0v) is 13.3. The first-order valence-corrected chi connectivity index (χ1v) is 7.73. The summed E-state index contributed by atoms with van der Waals surface area (Å²) in [6.07, 6.45) is 2.79. The van der Waals surface area contributed by atoms with Crippen molar-refractivity contribution in [2.45, 2.75) is 0 Å². The molecule has 1 aliphatic rings. The Labute approximate surface area is 146 Å². The van der Waals surface area contributed by atoms with E-state index in [0.29, 0.717) is 22.9 Å². The fourth-order valence-corrected chi connectivity index (χ4v) is 2.54. The van der Waals surface area contributed by atoms with Crippen LogP contribution in [-0.2, 0) is 0 Å². The van der Waals surface area contributed by atoms with Crippen LogP contribution in [0.1, 0.15) is 16.1 Å². The molecule has 2 aromatic carbocycles. The van der Waals surface area contributed by atoms with Gasteiger partial charge >= 0.3 is 0 Å². The summed E-state index contributed by atoms with van der Waals surface area (Å²) >= 11 is 0. The second-order valence-electron chi connectivity index (χ2n) is 5.60. The lowest BCUT2D eigenvalue weighted by Gasteiger charge is -1.98. The topological polar surface area (TPSA) is 64.2 Å². The number of rotatable bonds is 4. The van der Waals surface area contributed by atoms with Crippen LogP contribution in [0.15, 0.2) is 48.5 Å². The molecule has 0 unspecified atom stereocenters. The van der Waals surface area contributed by atoms with E-state index in [9.17, 15) is 13.6 Å². The summed E-state index contributed by atoms with van der Waals surface area (Å²) < 4.78 is 36.7. The Morgan fingerprint density at radius 2 is 1.88 bits per heavy atom. The molecule has 0 saturated heterocycles. The molecule has 7 heteroatoms. The second-order valence-corrected chi connectivity index (χ2v) is 5.60. The molecule has 26 heavy (non-hydrogen) atoms. The number of fused-ring (bicyclic) bond motifs is 1. The minimum atomic E-state index is -1.06. The molecule has 1 N–H and O–H groups in total. The second kappa shape index (κ2) is 6.44. The van der Waals surface area contributed by atoms with Crippen LogP contribution in [0.25, 0.3) is 17.3 Å². The Balaban J connectivity index is 1.52. The van der Waals surface area contributed by atoms with Gasteiger partial charge in [-0.25, -0.2) is 8.78 Å². The Hall–Kier alpha value is -3.48. The Bertz CT molecular complexity index is 1030. The van der Waals surface area contributed by atoms with Gasteiger partial charge in [-0.3, -0.25) is 9.89 Å². The minimum Gasteiger partial charge on any atom is -0.454 e. The first kappa shape index (κ1) is 16.0. The number of hydrogen-bond donors (Lipinski definition) is 1. The Kier molecular flexibility index (Phi) is 3.96.